The first-order chi connectivity index (χ1) is 5.08. The highest BCUT2D eigenvalue weighted by Gasteiger charge is 2.63. The van der Waals surface area contributed by atoms with Crippen LogP contribution < -0.4 is 0 Å². The lowest BCUT2D eigenvalue weighted by Gasteiger charge is -2.16. The van der Waals surface area contributed by atoms with E-state index >= 15 is 0 Å². The van der Waals surface area contributed by atoms with Crippen molar-refractivity contribution in [2.45, 2.75) is 32.8 Å². The monoisotopic (exact) mass is 152 g/mol. The summed E-state index contributed by atoms with van der Waals surface area (Å²) in [5.74, 6) is 1.36. The van der Waals surface area contributed by atoms with Gasteiger partial charge in [-0.25, -0.2) is 0 Å². The zero-order valence-corrected chi connectivity index (χ0v) is 7.30. The average Bonchev–Trinajstić information content (AvgIpc) is 2.57. The normalized spacial score (nSPS) is 48.2. The summed E-state index contributed by atoms with van der Waals surface area (Å²) in [6.45, 7) is 8.45. The maximum absolute atomic E-state index is 9.51. The fourth-order valence-corrected chi connectivity index (χ4v) is 2.64. The van der Waals surface area contributed by atoms with Gasteiger partial charge in [0.2, 0.25) is 0 Å². The van der Waals surface area contributed by atoms with Crippen LogP contribution in [0, 0.1) is 17.3 Å². The summed E-state index contributed by atoms with van der Waals surface area (Å²) in [5, 5.41) is 9.51. The highest BCUT2D eigenvalue weighted by molar-refractivity contribution is 5.30. The molecule has 0 aromatic carbocycles. The Morgan fingerprint density at radius 3 is 2.45 bits per heavy atom. The predicted octanol–water partition coefficient (Wildman–Crippen LogP) is 1.97. The Labute approximate surface area is 68.1 Å². The van der Waals surface area contributed by atoms with Crippen molar-refractivity contribution in [1.82, 2.24) is 0 Å². The molecule has 0 heterocycles. The molecule has 2 aliphatic rings. The molecule has 3 unspecified atom stereocenters. The lowest BCUT2D eigenvalue weighted by molar-refractivity contribution is 0.176. The van der Waals surface area contributed by atoms with Gasteiger partial charge in [-0.15, -0.1) is 0 Å². The second-order valence-electron chi connectivity index (χ2n) is 4.44. The maximum atomic E-state index is 9.51. The zero-order chi connectivity index (χ0) is 8.22. The van der Waals surface area contributed by atoms with E-state index in [4.69, 9.17) is 0 Å². The largest absolute Gasteiger partial charge is 0.389 e. The van der Waals surface area contributed by atoms with Gasteiger partial charge < -0.3 is 5.11 Å². The molecule has 0 aromatic rings. The van der Waals surface area contributed by atoms with E-state index < -0.39 is 0 Å². The summed E-state index contributed by atoms with van der Waals surface area (Å²) in [4.78, 5) is 0. The molecule has 2 aliphatic carbocycles. The van der Waals surface area contributed by atoms with Gasteiger partial charge in [0.15, 0.2) is 0 Å². The fourth-order valence-electron chi connectivity index (χ4n) is 2.64. The third kappa shape index (κ3) is 0.750. The van der Waals surface area contributed by atoms with Gasteiger partial charge in [0, 0.05) is 0 Å². The van der Waals surface area contributed by atoms with Gasteiger partial charge in [-0.2, -0.15) is 0 Å². The Kier molecular flexibility index (Phi) is 1.26. The molecule has 62 valence electrons. The maximum Gasteiger partial charge on any atom is 0.0756 e. The average molecular weight is 152 g/mol. The van der Waals surface area contributed by atoms with E-state index in [1.165, 1.54) is 6.42 Å². The highest BCUT2D eigenvalue weighted by Crippen LogP contribution is 2.69. The van der Waals surface area contributed by atoms with Crippen molar-refractivity contribution in [3.05, 3.63) is 12.2 Å². The molecule has 2 saturated carbocycles. The van der Waals surface area contributed by atoms with Crippen LogP contribution in [0.2, 0.25) is 0 Å². The molecule has 1 heteroatoms. The topological polar surface area (TPSA) is 20.2 Å². The molecule has 11 heavy (non-hydrogen) atoms. The zero-order valence-electron chi connectivity index (χ0n) is 7.30. The van der Waals surface area contributed by atoms with Crippen LogP contribution in [0.5, 0.6) is 0 Å². The molecule has 3 atom stereocenters. The first-order valence-corrected chi connectivity index (χ1v) is 4.44. The van der Waals surface area contributed by atoms with E-state index in [9.17, 15) is 5.11 Å². The fraction of sp³-hybridized carbons (Fsp3) is 0.800. The Balaban J connectivity index is 2.20. The molecule has 0 aliphatic heterocycles. The number of aliphatic hydroxyl groups is 1. The van der Waals surface area contributed by atoms with Crippen LogP contribution in [0.15, 0.2) is 12.2 Å². The second-order valence-corrected chi connectivity index (χ2v) is 4.44. The van der Waals surface area contributed by atoms with Crippen LogP contribution in [0.25, 0.3) is 0 Å². The third-order valence-electron chi connectivity index (χ3n) is 3.72. The van der Waals surface area contributed by atoms with E-state index in [0.717, 1.165) is 12.0 Å². The number of fused-ring (bicyclic) bond motifs is 1. The van der Waals surface area contributed by atoms with Crippen molar-refractivity contribution < 1.29 is 5.11 Å². The molecule has 2 rings (SSSR count). The number of hydrogen-bond acceptors (Lipinski definition) is 1. The molecular formula is C10H16O. The van der Waals surface area contributed by atoms with Crippen molar-refractivity contribution in [2.24, 2.45) is 17.3 Å². The summed E-state index contributed by atoms with van der Waals surface area (Å²) >= 11 is 0. The second kappa shape index (κ2) is 1.89. The number of rotatable bonds is 1. The molecule has 0 saturated heterocycles. The van der Waals surface area contributed by atoms with Crippen LogP contribution in [0.4, 0.5) is 0 Å². The lowest BCUT2D eigenvalue weighted by Crippen LogP contribution is -2.12. The van der Waals surface area contributed by atoms with Crippen LogP contribution >= 0.6 is 0 Å². The minimum absolute atomic E-state index is 0.198. The van der Waals surface area contributed by atoms with Crippen LogP contribution in [-0.2, 0) is 0 Å². The molecule has 2 fully saturated rings. The Bertz CT molecular complexity index is 207. The summed E-state index contributed by atoms with van der Waals surface area (Å²) in [5.41, 5.74) is 1.55. The van der Waals surface area contributed by atoms with Gasteiger partial charge in [-0.3, -0.25) is 0 Å². The summed E-state index contributed by atoms with van der Waals surface area (Å²) < 4.78 is 0. The molecular weight excluding hydrogens is 136 g/mol. The summed E-state index contributed by atoms with van der Waals surface area (Å²) in [6.07, 6.45) is 2.05. The van der Waals surface area contributed by atoms with Crippen molar-refractivity contribution in [3.8, 4) is 0 Å². The summed E-state index contributed by atoms with van der Waals surface area (Å²) in [7, 11) is 0. The van der Waals surface area contributed by atoms with Crippen LogP contribution in [-0.4, -0.2) is 11.2 Å². The van der Waals surface area contributed by atoms with E-state index in [0.29, 0.717) is 17.3 Å². The molecule has 0 bridgehead atoms. The SMILES string of the molecule is C=C1C(O)CC2(C(C)C)CC12. The van der Waals surface area contributed by atoms with Gasteiger partial charge >= 0.3 is 0 Å². The lowest BCUT2D eigenvalue weighted by atomic mass is 9.89. The molecule has 0 amide bonds. The molecule has 0 aromatic heterocycles. The van der Waals surface area contributed by atoms with Crippen LogP contribution in [0.1, 0.15) is 26.7 Å². The van der Waals surface area contributed by atoms with E-state index in [2.05, 4.69) is 20.4 Å². The number of hydrogen-bond donors (Lipinski definition) is 1. The molecule has 0 spiro atoms. The standard InChI is InChI=1S/C10H16O/c1-6(2)10-4-8(10)7(3)9(11)5-10/h6,8-9,11H,3-5H2,1-2H3. The first-order valence-electron chi connectivity index (χ1n) is 4.44. The van der Waals surface area contributed by atoms with Gasteiger partial charge in [-0.05, 0) is 35.7 Å². The minimum Gasteiger partial charge on any atom is -0.389 e. The van der Waals surface area contributed by atoms with Crippen molar-refractivity contribution in [2.75, 3.05) is 0 Å². The smallest absolute Gasteiger partial charge is 0.0756 e. The predicted molar refractivity (Wildman–Crippen MR) is 45.1 cm³/mol. The van der Waals surface area contributed by atoms with Crippen molar-refractivity contribution in [3.63, 3.8) is 0 Å². The molecule has 1 nitrogen and oxygen atoms in total. The summed E-state index contributed by atoms with van der Waals surface area (Å²) in [6, 6.07) is 0. The van der Waals surface area contributed by atoms with Crippen molar-refractivity contribution >= 4 is 0 Å². The highest BCUT2D eigenvalue weighted by atomic mass is 16.3. The Morgan fingerprint density at radius 1 is 1.55 bits per heavy atom. The molecule has 1 N–H and O–H groups in total. The van der Waals surface area contributed by atoms with E-state index in [-0.39, 0.29) is 6.10 Å². The molecule has 0 radical (unpaired) electrons. The van der Waals surface area contributed by atoms with E-state index in [1.54, 1.807) is 0 Å². The van der Waals surface area contributed by atoms with Gasteiger partial charge in [0.05, 0.1) is 6.10 Å². The Morgan fingerprint density at radius 2 is 2.18 bits per heavy atom. The third-order valence-corrected chi connectivity index (χ3v) is 3.72. The van der Waals surface area contributed by atoms with E-state index in [1.807, 2.05) is 0 Å². The van der Waals surface area contributed by atoms with Crippen LogP contribution in [0.3, 0.4) is 0 Å². The number of aliphatic hydroxyl groups excluding tert-OH is 1. The quantitative estimate of drug-likeness (QED) is 0.569. The van der Waals surface area contributed by atoms with Gasteiger partial charge in [0.1, 0.15) is 0 Å². The first kappa shape index (κ1) is 7.35. The Hall–Kier alpha value is -0.300. The van der Waals surface area contributed by atoms with Gasteiger partial charge in [-0.1, -0.05) is 20.4 Å². The van der Waals surface area contributed by atoms with Crippen molar-refractivity contribution in [1.29, 1.82) is 0 Å². The minimum atomic E-state index is -0.198. The van der Waals surface area contributed by atoms with Gasteiger partial charge in [0.25, 0.3) is 0 Å².